The summed E-state index contributed by atoms with van der Waals surface area (Å²) in [5, 5.41) is 9.62. The van der Waals surface area contributed by atoms with Gasteiger partial charge < -0.3 is 9.84 Å². The van der Waals surface area contributed by atoms with E-state index >= 15 is 0 Å². The minimum atomic E-state index is -0.577. The highest BCUT2D eigenvalue weighted by atomic mass is 35.5. The van der Waals surface area contributed by atoms with Gasteiger partial charge in [0.2, 0.25) is 0 Å². The minimum Gasteiger partial charge on any atom is -0.486 e. The highest BCUT2D eigenvalue weighted by molar-refractivity contribution is 6.32. The fourth-order valence-electron chi connectivity index (χ4n) is 0.985. The Labute approximate surface area is 93.6 Å². The summed E-state index contributed by atoms with van der Waals surface area (Å²) in [5.41, 5.74) is 0.497. The molecule has 4 heteroatoms. The molecule has 0 amide bonds. The molecular weight excluding hydrogens is 216 g/mol. The Balaban J connectivity index is 2.82. The number of aliphatic hydroxyl groups is 1. The number of halogens is 1. The molecule has 0 aromatic heterocycles. The van der Waals surface area contributed by atoms with Gasteiger partial charge in [0, 0.05) is 5.56 Å². The van der Waals surface area contributed by atoms with Gasteiger partial charge in [0.25, 0.3) is 0 Å². The van der Waals surface area contributed by atoms with Gasteiger partial charge in [-0.2, -0.15) is 0 Å². The maximum atomic E-state index is 10.5. The molecule has 0 heterocycles. The molecule has 2 unspecified atom stereocenters. The Bertz CT molecular complexity index is 350. The number of aliphatic hydroxyl groups excluding tert-OH is 1. The first-order valence-electron chi connectivity index (χ1n) is 4.64. The minimum absolute atomic E-state index is 0.343. The van der Waals surface area contributed by atoms with Gasteiger partial charge in [0.05, 0.1) is 11.1 Å². The molecule has 0 saturated heterocycles. The Kier molecular flexibility index (Phi) is 4.12. The third-order valence-electron chi connectivity index (χ3n) is 2.08. The average molecular weight is 229 g/mol. The first kappa shape index (κ1) is 12.0. The zero-order valence-electron chi connectivity index (χ0n) is 8.61. The molecule has 1 aromatic rings. The number of aldehydes is 1. The first-order chi connectivity index (χ1) is 7.04. The van der Waals surface area contributed by atoms with E-state index in [1.807, 2.05) is 0 Å². The van der Waals surface area contributed by atoms with Crippen molar-refractivity contribution in [2.45, 2.75) is 26.1 Å². The molecular formula is C11H13ClO3. The molecule has 0 spiro atoms. The quantitative estimate of drug-likeness (QED) is 0.805. The van der Waals surface area contributed by atoms with Crippen LogP contribution in [-0.4, -0.2) is 23.6 Å². The Hall–Kier alpha value is -1.06. The lowest BCUT2D eigenvalue weighted by Gasteiger charge is -2.18. The highest BCUT2D eigenvalue weighted by Gasteiger charge is 2.12. The monoisotopic (exact) mass is 228 g/mol. The predicted molar refractivity (Wildman–Crippen MR) is 58.6 cm³/mol. The molecule has 1 rings (SSSR count). The Morgan fingerprint density at radius 3 is 2.60 bits per heavy atom. The van der Waals surface area contributed by atoms with Gasteiger partial charge in [-0.25, -0.2) is 0 Å². The van der Waals surface area contributed by atoms with E-state index in [0.717, 1.165) is 0 Å². The normalized spacial score (nSPS) is 14.4. The molecule has 1 N–H and O–H groups in total. The number of benzene rings is 1. The van der Waals surface area contributed by atoms with Crippen LogP contribution in [0, 0.1) is 0 Å². The number of ether oxygens (including phenoxy) is 1. The van der Waals surface area contributed by atoms with Crippen molar-refractivity contribution in [3.63, 3.8) is 0 Å². The summed E-state index contributed by atoms with van der Waals surface area (Å²) >= 11 is 5.89. The van der Waals surface area contributed by atoms with E-state index < -0.39 is 6.10 Å². The smallest absolute Gasteiger partial charge is 0.150 e. The van der Waals surface area contributed by atoms with Gasteiger partial charge >= 0.3 is 0 Å². The highest BCUT2D eigenvalue weighted by Crippen LogP contribution is 2.26. The van der Waals surface area contributed by atoms with Crippen molar-refractivity contribution in [2.75, 3.05) is 0 Å². The van der Waals surface area contributed by atoms with Crippen LogP contribution in [0.3, 0.4) is 0 Å². The topological polar surface area (TPSA) is 46.5 Å². The third-order valence-corrected chi connectivity index (χ3v) is 2.38. The van der Waals surface area contributed by atoms with Crippen LogP contribution in [0.4, 0.5) is 0 Å². The maximum absolute atomic E-state index is 10.5. The fraction of sp³-hybridized carbons (Fsp3) is 0.364. The zero-order chi connectivity index (χ0) is 11.4. The average Bonchev–Trinajstić information content (AvgIpc) is 2.20. The molecule has 2 atom stereocenters. The second-order valence-corrected chi connectivity index (χ2v) is 3.78. The lowest BCUT2D eigenvalue weighted by Crippen LogP contribution is -2.25. The molecule has 3 nitrogen and oxygen atoms in total. The van der Waals surface area contributed by atoms with Crippen molar-refractivity contribution in [1.29, 1.82) is 0 Å². The molecule has 0 radical (unpaired) electrons. The summed E-state index contributed by atoms with van der Waals surface area (Å²) in [7, 11) is 0. The number of rotatable bonds is 4. The van der Waals surface area contributed by atoms with Crippen LogP contribution in [-0.2, 0) is 0 Å². The van der Waals surface area contributed by atoms with Crippen molar-refractivity contribution in [2.24, 2.45) is 0 Å². The fourth-order valence-corrected chi connectivity index (χ4v) is 1.22. The van der Waals surface area contributed by atoms with Crippen molar-refractivity contribution in [1.82, 2.24) is 0 Å². The zero-order valence-corrected chi connectivity index (χ0v) is 9.36. The molecule has 0 aliphatic carbocycles. The third kappa shape index (κ3) is 3.22. The molecule has 0 bridgehead atoms. The number of hydrogen-bond acceptors (Lipinski definition) is 3. The van der Waals surface area contributed by atoms with Crippen molar-refractivity contribution >= 4 is 17.9 Å². The van der Waals surface area contributed by atoms with Gasteiger partial charge in [0.15, 0.2) is 0 Å². The van der Waals surface area contributed by atoms with E-state index in [-0.39, 0.29) is 6.10 Å². The van der Waals surface area contributed by atoms with E-state index in [0.29, 0.717) is 22.6 Å². The maximum Gasteiger partial charge on any atom is 0.150 e. The molecule has 82 valence electrons. The second kappa shape index (κ2) is 5.14. The van der Waals surface area contributed by atoms with E-state index in [1.54, 1.807) is 26.0 Å². The summed E-state index contributed by atoms with van der Waals surface area (Å²) in [6, 6.07) is 4.76. The largest absolute Gasteiger partial charge is 0.486 e. The molecule has 0 aliphatic rings. The van der Waals surface area contributed by atoms with Crippen molar-refractivity contribution in [3.05, 3.63) is 28.8 Å². The van der Waals surface area contributed by atoms with Gasteiger partial charge in [-0.05, 0) is 32.0 Å². The van der Waals surface area contributed by atoms with Crippen LogP contribution < -0.4 is 4.74 Å². The molecule has 0 saturated carbocycles. The van der Waals surface area contributed by atoms with Crippen LogP contribution in [0.1, 0.15) is 24.2 Å². The molecule has 0 aliphatic heterocycles. The molecule has 15 heavy (non-hydrogen) atoms. The van der Waals surface area contributed by atoms with Crippen LogP contribution in [0.5, 0.6) is 5.75 Å². The van der Waals surface area contributed by atoms with E-state index in [2.05, 4.69) is 0 Å². The van der Waals surface area contributed by atoms with Crippen molar-refractivity contribution < 1.29 is 14.6 Å². The van der Waals surface area contributed by atoms with Gasteiger partial charge in [-0.15, -0.1) is 0 Å². The van der Waals surface area contributed by atoms with Crippen LogP contribution in [0.25, 0.3) is 0 Å². The summed E-state index contributed by atoms with van der Waals surface area (Å²) in [4.78, 5) is 10.5. The van der Waals surface area contributed by atoms with Crippen LogP contribution in [0.2, 0.25) is 5.02 Å². The summed E-state index contributed by atoms with van der Waals surface area (Å²) in [5.74, 6) is 0.468. The van der Waals surface area contributed by atoms with E-state index in [9.17, 15) is 9.90 Å². The lowest BCUT2D eigenvalue weighted by molar-refractivity contribution is 0.0605. The van der Waals surface area contributed by atoms with E-state index in [4.69, 9.17) is 16.3 Å². The van der Waals surface area contributed by atoms with Gasteiger partial charge in [0.1, 0.15) is 18.1 Å². The van der Waals surface area contributed by atoms with Crippen LogP contribution >= 0.6 is 11.6 Å². The molecule has 0 fully saturated rings. The molecule has 1 aromatic carbocycles. The number of hydrogen-bond donors (Lipinski definition) is 1. The Morgan fingerprint density at radius 1 is 1.47 bits per heavy atom. The summed E-state index contributed by atoms with van der Waals surface area (Å²) < 4.78 is 5.41. The SMILES string of the molecule is CC(O)C(C)Oc1ccc(C=O)cc1Cl. The predicted octanol–water partition coefficient (Wildman–Crippen LogP) is 2.30. The standard InChI is InChI=1S/C11H13ClO3/c1-7(14)8(2)15-11-4-3-9(6-13)5-10(11)12/h3-8,14H,1-2H3. The lowest BCUT2D eigenvalue weighted by atomic mass is 10.2. The number of carbonyl (C=O) groups is 1. The summed E-state index contributed by atoms with van der Waals surface area (Å²) in [6.07, 6.45) is -0.204. The van der Waals surface area contributed by atoms with Crippen LogP contribution in [0.15, 0.2) is 18.2 Å². The first-order valence-corrected chi connectivity index (χ1v) is 5.02. The van der Waals surface area contributed by atoms with E-state index in [1.165, 1.54) is 6.07 Å². The second-order valence-electron chi connectivity index (χ2n) is 3.37. The Morgan fingerprint density at radius 2 is 2.13 bits per heavy atom. The van der Waals surface area contributed by atoms with Gasteiger partial charge in [-0.3, -0.25) is 4.79 Å². The van der Waals surface area contributed by atoms with Gasteiger partial charge in [-0.1, -0.05) is 11.6 Å². The summed E-state index contributed by atoms with van der Waals surface area (Å²) in [6.45, 7) is 3.38. The van der Waals surface area contributed by atoms with Crippen molar-refractivity contribution in [3.8, 4) is 5.75 Å². The number of carbonyl (C=O) groups excluding carboxylic acids is 1.